The van der Waals surface area contributed by atoms with E-state index >= 15 is 0 Å². The maximum atomic E-state index is 13.0. The standard InChI is InChI=1S/C12H18BFO4/c1-2-5-17-6-7-18-9-10-3-4-11(14)8-12(10)13(15)16/h3-4,8,15-16H,2,5-7,9H2,1H3. The lowest BCUT2D eigenvalue weighted by Gasteiger charge is -2.10. The highest BCUT2D eigenvalue weighted by Gasteiger charge is 2.16. The normalized spacial score (nSPS) is 10.7. The van der Waals surface area contributed by atoms with E-state index in [4.69, 9.17) is 19.5 Å². The van der Waals surface area contributed by atoms with Crippen molar-refractivity contribution in [1.82, 2.24) is 0 Å². The van der Waals surface area contributed by atoms with Gasteiger partial charge in [-0.05, 0) is 29.6 Å². The minimum Gasteiger partial charge on any atom is -0.423 e. The Labute approximate surface area is 106 Å². The zero-order valence-electron chi connectivity index (χ0n) is 10.4. The van der Waals surface area contributed by atoms with Crippen LogP contribution in [-0.4, -0.2) is 37.0 Å². The van der Waals surface area contributed by atoms with Crippen molar-refractivity contribution in [2.45, 2.75) is 20.0 Å². The molecule has 0 aromatic heterocycles. The van der Waals surface area contributed by atoms with Gasteiger partial charge in [0, 0.05) is 6.61 Å². The Morgan fingerprint density at radius 2 is 1.89 bits per heavy atom. The lowest BCUT2D eigenvalue weighted by molar-refractivity contribution is 0.0410. The fourth-order valence-corrected chi connectivity index (χ4v) is 1.48. The highest BCUT2D eigenvalue weighted by atomic mass is 19.1. The van der Waals surface area contributed by atoms with Crippen LogP contribution in [0.5, 0.6) is 0 Å². The molecule has 1 aromatic carbocycles. The van der Waals surface area contributed by atoms with E-state index in [0.717, 1.165) is 12.5 Å². The zero-order valence-corrected chi connectivity index (χ0v) is 10.4. The number of benzene rings is 1. The van der Waals surface area contributed by atoms with Gasteiger partial charge in [0.05, 0.1) is 19.8 Å². The summed E-state index contributed by atoms with van der Waals surface area (Å²) in [5.41, 5.74) is 0.686. The van der Waals surface area contributed by atoms with Crippen molar-refractivity contribution in [3.63, 3.8) is 0 Å². The molecule has 0 amide bonds. The average molecular weight is 256 g/mol. The third-order valence-electron chi connectivity index (χ3n) is 2.36. The van der Waals surface area contributed by atoms with Crippen molar-refractivity contribution < 1.29 is 23.9 Å². The van der Waals surface area contributed by atoms with Gasteiger partial charge in [0.15, 0.2) is 0 Å². The SMILES string of the molecule is CCCOCCOCc1ccc(F)cc1B(O)O. The van der Waals surface area contributed by atoms with E-state index in [0.29, 0.717) is 25.4 Å². The molecule has 2 N–H and O–H groups in total. The lowest BCUT2D eigenvalue weighted by atomic mass is 9.77. The van der Waals surface area contributed by atoms with Gasteiger partial charge in [-0.2, -0.15) is 0 Å². The van der Waals surface area contributed by atoms with Crippen LogP contribution in [0.4, 0.5) is 4.39 Å². The second-order valence-electron chi connectivity index (χ2n) is 3.88. The van der Waals surface area contributed by atoms with E-state index in [2.05, 4.69) is 0 Å². The molecule has 0 atom stereocenters. The summed E-state index contributed by atoms with van der Waals surface area (Å²) in [5.74, 6) is -0.506. The van der Waals surface area contributed by atoms with E-state index < -0.39 is 12.9 Å². The largest absolute Gasteiger partial charge is 0.488 e. The quantitative estimate of drug-likeness (QED) is 0.523. The fraction of sp³-hybridized carbons (Fsp3) is 0.500. The molecule has 0 fully saturated rings. The van der Waals surface area contributed by atoms with Crippen molar-refractivity contribution in [1.29, 1.82) is 0 Å². The number of hydrogen-bond donors (Lipinski definition) is 2. The summed E-state index contributed by atoms with van der Waals surface area (Å²) < 4.78 is 23.5. The van der Waals surface area contributed by atoms with Crippen molar-refractivity contribution in [3.05, 3.63) is 29.6 Å². The molecule has 0 bridgehead atoms. The number of rotatable bonds is 8. The smallest absolute Gasteiger partial charge is 0.423 e. The lowest BCUT2D eigenvalue weighted by Crippen LogP contribution is -2.33. The molecule has 18 heavy (non-hydrogen) atoms. The van der Waals surface area contributed by atoms with Crippen LogP contribution in [0.1, 0.15) is 18.9 Å². The predicted octanol–water partition coefficient (Wildman–Crippen LogP) is 0.449. The number of ether oxygens (including phenoxy) is 2. The Balaban J connectivity index is 2.42. The first-order chi connectivity index (χ1) is 8.65. The van der Waals surface area contributed by atoms with Gasteiger partial charge in [-0.3, -0.25) is 0 Å². The molecule has 0 saturated heterocycles. The molecular formula is C12H18BFO4. The summed E-state index contributed by atoms with van der Waals surface area (Å²) in [6.07, 6.45) is 0.957. The molecule has 0 saturated carbocycles. The van der Waals surface area contributed by atoms with Crippen LogP contribution < -0.4 is 5.46 Å². The second-order valence-corrected chi connectivity index (χ2v) is 3.88. The van der Waals surface area contributed by atoms with Gasteiger partial charge in [0.1, 0.15) is 5.82 Å². The maximum absolute atomic E-state index is 13.0. The Morgan fingerprint density at radius 1 is 1.17 bits per heavy atom. The Hall–Kier alpha value is -0.945. The van der Waals surface area contributed by atoms with Crippen LogP contribution in [0.2, 0.25) is 0 Å². The van der Waals surface area contributed by atoms with Gasteiger partial charge in [-0.15, -0.1) is 0 Å². The zero-order chi connectivity index (χ0) is 13.4. The first-order valence-corrected chi connectivity index (χ1v) is 5.95. The molecule has 6 heteroatoms. The van der Waals surface area contributed by atoms with E-state index in [1.165, 1.54) is 12.1 Å². The average Bonchev–Trinajstić information content (AvgIpc) is 2.35. The first-order valence-electron chi connectivity index (χ1n) is 5.95. The van der Waals surface area contributed by atoms with Crippen LogP contribution in [-0.2, 0) is 16.1 Å². The molecule has 0 heterocycles. The van der Waals surface area contributed by atoms with E-state index in [1.54, 1.807) is 0 Å². The Bertz CT molecular complexity index is 360. The van der Waals surface area contributed by atoms with E-state index in [9.17, 15) is 4.39 Å². The van der Waals surface area contributed by atoms with Gasteiger partial charge in [0.25, 0.3) is 0 Å². The molecular weight excluding hydrogens is 238 g/mol. The molecule has 1 rings (SSSR count). The van der Waals surface area contributed by atoms with Gasteiger partial charge in [-0.25, -0.2) is 4.39 Å². The van der Waals surface area contributed by atoms with Crippen molar-refractivity contribution in [2.75, 3.05) is 19.8 Å². The summed E-state index contributed by atoms with van der Waals surface area (Å²) in [6, 6.07) is 3.84. The highest BCUT2D eigenvalue weighted by Crippen LogP contribution is 2.03. The highest BCUT2D eigenvalue weighted by molar-refractivity contribution is 6.59. The van der Waals surface area contributed by atoms with Crippen LogP contribution >= 0.6 is 0 Å². The fourth-order valence-electron chi connectivity index (χ4n) is 1.48. The van der Waals surface area contributed by atoms with Crippen LogP contribution in [0.15, 0.2) is 18.2 Å². The summed E-state index contributed by atoms with van der Waals surface area (Å²) in [7, 11) is -1.70. The summed E-state index contributed by atoms with van der Waals surface area (Å²) in [6.45, 7) is 3.82. The summed E-state index contributed by atoms with van der Waals surface area (Å²) in [5, 5.41) is 18.2. The minimum absolute atomic E-state index is 0.129. The van der Waals surface area contributed by atoms with Gasteiger partial charge < -0.3 is 19.5 Å². The monoisotopic (exact) mass is 256 g/mol. The predicted molar refractivity (Wildman–Crippen MR) is 67.0 cm³/mol. The van der Waals surface area contributed by atoms with Crippen LogP contribution in [0.25, 0.3) is 0 Å². The van der Waals surface area contributed by atoms with E-state index in [1.807, 2.05) is 6.92 Å². The summed E-state index contributed by atoms with van der Waals surface area (Å²) in [4.78, 5) is 0. The maximum Gasteiger partial charge on any atom is 0.488 e. The Morgan fingerprint density at radius 3 is 2.56 bits per heavy atom. The van der Waals surface area contributed by atoms with Gasteiger partial charge >= 0.3 is 7.12 Å². The van der Waals surface area contributed by atoms with Crippen molar-refractivity contribution >= 4 is 12.6 Å². The topological polar surface area (TPSA) is 58.9 Å². The summed E-state index contributed by atoms with van der Waals surface area (Å²) >= 11 is 0. The Kier molecular flexibility index (Phi) is 6.89. The van der Waals surface area contributed by atoms with E-state index in [-0.39, 0.29) is 12.1 Å². The molecule has 0 radical (unpaired) electrons. The van der Waals surface area contributed by atoms with Crippen molar-refractivity contribution in [3.8, 4) is 0 Å². The third-order valence-corrected chi connectivity index (χ3v) is 2.36. The molecule has 0 aliphatic carbocycles. The van der Waals surface area contributed by atoms with Gasteiger partial charge in [-0.1, -0.05) is 13.0 Å². The van der Waals surface area contributed by atoms with Crippen LogP contribution in [0.3, 0.4) is 0 Å². The van der Waals surface area contributed by atoms with Crippen molar-refractivity contribution in [2.24, 2.45) is 0 Å². The number of hydrogen-bond acceptors (Lipinski definition) is 4. The molecule has 4 nitrogen and oxygen atoms in total. The third kappa shape index (κ3) is 5.14. The van der Waals surface area contributed by atoms with Gasteiger partial charge in [0.2, 0.25) is 0 Å². The molecule has 100 valence electrons. The van der Waals surface area contributed by atoms with Crippen LogP contribution in [0, 0.1) is 5.82 Å². The second kappa shape index (κ2) is 8.21. The number of halogens is 1. The molecule has 0 aliphatic heterocycles. The molecule has 1 aromatic rings. The molecule has 0 unspecified atom stereocenters. The minimum atomic E-state index is -1.70. The molecule has 0 aliphatic rings. The molecule has 0 spiro atoms. The first kappa shape index (κ1) is 15.1.